The van der Waals surface area contributed by atoms with Crippen LogP contribution in [0.1, 0.15) is 22.8 Å². The first kappa shape index (κ1) is 16.2. The molecule has 0 atom stereocenters. The van der Waals surface area contributed by atoms with Gasteiger partial charge in [-0.25, -0.2) is 4.79 Å². The molecule has 0 spiro atoms. The summed E-state index contributed by atoms with van der Waals surface area (Å²) in [6.07, 6.45) is 0. The highest BCUT2D eigenvalue weighted by molar-refractivity contribution is 8.00. The van der Waals surface area contributed by atoms with Gasteiger partial charge in [0.15, 0.2) is 0 Å². The fourth-order valence-electron chi connectivity index (χ4n) is 1.39. The van der Waals surface area contributed by atoms with Crippen LogP contribution in [0, 0.1) is 11.3 Å². The van der Waals surface area contributed by atoms with Crippen LogP contribution in [0.2, 0.25) is 0 Å². The summed E-state index contributed by atoms with van der Waals surface area (Å²) in [6, 6.07) is 3.71. The van der Waals surface area contributed by atoms with E-state index in [0.29, 0.717) is 0 Å². The van der Waals surface area contributed by atoms with E-state index in [1.165, 1.54) is 7.11 Å². The van der Waals surface area contributed by atoms with Crippen molar-refractivity contribution in [3.63, 3.8) is 0 Å². The molecule has 0 aliphatic heterocycles. The lowest BCUT2D eigenvalue weighted by atomic mass is 10.1. The highest BCUT2D eigenvalue weighted by Gasteiger charge is 2.32. The molecule has 0 aliphatic carbocycles. The lowest BCUT2D eigenvalue weighted by Gasteiger charge is -2.12. The van der Waals surface area contributed by atoms with E-state index >= 15 is 0 Å². The number of benzene rings is 1. The Morgan fingerprint density at radius 2 is 2.10 bits per heavy atom. The van der Waals surface area contributed by atoms with Crippen LogP contribution in [0.5, 0.6) is 5.75 Å². The molecule has 0 bridgehead atoms. The van der Waals surface area contributed by atoms with Gasteiger partial charge >= 0.3 is 11.5 Å². The Balaban J connectivity index is 3.31. The second kappa shape index (κ2) is 6.52. The number of halogens is 3. The Kier molecular flexibility index (Phi) is 5.27. The molecular formula is C12H10F3NO3S. The molecule has 0 fully saturated rings. The number of thioether (sulfide) groups is 1. The zero-order valence-electron chi connectivity index (χ0n) is 10.6. The predicted molar refractivity (Wildman–Crippen MR) is 65.6 cm³/mol. The molecule has 0 radical (unpaired) electrons. The summed E-state index contributed by atoms with van der Waals surface area (Å²) in [5.41, 5.74) is -4.85. The fraction of sp³-hybridized carbons (Fsp3) is 0.333. The van der Waals surface area contributed by atoms with E-state index in [1.807, 2.05) is 0 Å². The number of methoxy groups -OCH3 is 1. The van der Waals surface area contributed by atoms with Crippen LogP contribution < -0.4 is 4.74 Å². The summed E-state index contributed by atoms with van der Waals surface area (Å²) >= 11 is -0.413. The molecule has 0 unspecified atom stereocenters. The van der Waals surface area contributed by atoms with Gasteiger partial charge in [0.25, 0.3) is 0 Å². The lowest BCUT2D eigenvalue weighted by molar-refractivity contribution is -0.0328. The smallest absolute Gasteiger partial charge is 0.446 e. The van der Waals surface area contributed by atoms with Crippen LogP contribution in [0.4, 0.5) is 13.2 Å². The number of alkyl halides is 3. The van der Waals surface area contributed by atoms with Crippen LogP contribution >= 0.6 is 11.8 Å². The highest BCUT2D eigenvalue weighted by atomic mass is 32.2. The number of carbonyl (C=O) groups excluding carboxylic acids is 1. The molecule has 20 heavy (non-hydrogen) atoms. The first-order chi connectivity index (χ1) is 9.32. The van der Waals surface area contributed by atoms with Crippen molar-refractivity contribution in [1.82, 2.24) is 0 Å². The molecule has 0 aliphatic rings. The standard InChI is InChI=1S/C12H10F3NO3S/c1-3-19-11(17)8-5-9(18-2)10(4-7(8)6-16)20-12(13,14)15/h4-5H,3H2,1-2H3. The van der Waals surface area contributed by atoms with Crippen LogP contribution in [-0.2, 0) is 4.74 Å². The topological polar surface area (TPSA) is 59.3 Å². The average molecular weight is 305 g/mol. The summed E-state index contributed by atoms with van der Waals surface area (Å²) in [4.78, 5) is 11.3. The van der Waals surface area contributed by atoms with Gasteiger partial charge in [-0.05, 0) is 30.8 Å². The molecule has 1 aromatic carbocycles. The maximum absolute atomic E-state index is 12.4. The summed E-state index contributed by atoms with van der Waals surface area (Å²) in [7, 11) is 1.18. The van der Waals surface area contributed by atoms with Crippen molar-refractivity contribution in [2.24, 2.45) is 0 Å². The molecule has 0 saturated heterocycles. The second-order valence-corrected chi connectivity index (χ2v) is 4.54. The Bertz CT molecular complexity index is 552. The largest absolute Gasteiger partial charge is 0.496 e. The van der Waals surface area contributed by atoms with Crippen LogP contribution in [0.3, 0.4) is 0 Å². The molecule has 1 rings (SSSR count). The van der Waals surface area contributed by atoms with E-state index in [4.69, 9.17) is 14.7 Å². The van der Waals surface area contributed by atoms with Gasteiger partial charge in [-0.3, -0.25) is 0 Å². The van der Waals surface area contributed by atoms with Gasteiger partial charge in [0.05, 0.1) is 29.7 Å². The van der Waals surface area contributed by atoms with Crippen molar-refractivity contribution >= 4 is 17.7 Å². The molecule has 0 aromatic heterocycles. The fourth-order valence-corrected chi connectivity index (χ4v) is 2.06. The van der Waals surface area contributed by atoms with Gasteiger partial charge in [0.1, 0.15) is 11.8 Å². The van der Waals surface area contributed by atoms with Gasteiger partial charge in [0.2, 0.25) is 0 Å². The lowest BCUT2D eigenvalue weighted by Crippen LogP contribution is -2.08. The molecule has 0 N–H and O–H groups in total. The van der Waals surface area contributed by atoms with Crippen molar-refractivity contribution in [2.75, 3.05) is 13.7 Å². The number of ether oxygens (including phenoxy) is 2. The molecule has 0 heterocycles. The minimum absolute atomic E-state index is 0.0884. The molecular weight excluding hydrogens is 295 g/mol. The number of hydrogen-bond acceptors (Lipinski definition) is 5. The predicted octanol–water partition coefficient (Wildman–Crippen LogP) is 3.36. The highest BCUT2D eigenvalue weighted by Crippen LogP contribution is 2.42. The Morgan fingerprint density at radius 1 is 1.45 bits per heavy atom. The molecule has 108 valence electrons. The number of esters is 1. The minimum atomic E-state index is -4.52. The maximum atomic E-state index is 12.4. The first-order valence-electron chi connectivity index (χ1n) is 5.37. The van der Waals surface area contributed by atoms with Crippen molar-refractivity contribution in [3.8, 4) is 11.8 Å². The van der Waals surface area contributed by atoms with Crippen molar-refractivity contribution in [1.29, 1.82) is 5.26 Å². The third-order valence-electron chi connectivity index (χ3n) is 2.15. The molecule has 8 heteroatoms. The average Bonchev–Trinajstić information content (AvgIpc) is 2.36. The van der Waals surface area contributed by atoms with Crippen molar-refractivity contribution in [3.05, 3.63) is 23.3 Å². The SMILES string of the molecule is CCOC(=O)c1cc(OC)c(SC(F)(F)F)cc1C#N. The van der Waals surface area contributed by atoms with Crippen LogP contribution in [-0.4, -0.2) is 25.2 Å². The van der Waals surface area contributed by atoms with Crippen LogP contribution in [0.15, 0.2) is 17.0 Å². The van der Waals surface area contributed by atoms with Crippen LogP contribution in [0.25, 0.3) is 0 Å². The number of nitrogens with zero attached hydrogens (tertiary/aromatic N) is 1. The summed E-state index contributed by atoms with van der Waals surface area (Å²) in [5, 5.41) is 8.93. The summed E-state index contributed by atoms with van der Waals surface area (Å²) in [5.74, 6) is -0.930. The number of nitriles is 1. The second-order valence-electron chi connectivity index (χ2n) is 3.43. The summed E-state index contributed by atoms with van der Waals surface area (Å²) < 4.78 is 46.8. The van der Waals surface area contributed by atoms with Gasteiger partial charge in [-0.1, -0.05) is 0 Å². The summed E-state index contributed by atoms with van der Waals surface area (Å²) in [6.45, 7) is 1.67. The third kappa shape index (κ3) is 4.06. The number of carbonyl (C=O) groups is 1. The molecule has 1 aromatic rings. The maximum Gasteiger partial charge on any atom is 0.446 e. The number of hydrogen-bond donors (Lipinski definition) is 0. The quantitative estimate of drug-likeness (QED) is 0.630. The molecule has 0 amide bonds. The zero-order valence-corrected chi connectivity index (χ0v) is 11.4. The van der Waals surface area contributed by atoms with Gasteiger partial charge in [0, 0.05) is 0 Å². The van der Waals surface area contributed by atoms with Crippen molar-refractivity contribution < 1.29 is 27.4 Å². The molecule has 4 nitrogen and oxygen atoms in total. The Labute approximate surface area is 117 Å². The minimum Gasteiger partial charge on any atom is -0.496 e. The monoisotopic (exact) mass is 305 g/mol. The molecule has 0 saturated carbocycles. The normalized spacial score (nSPS) is 10.8. The third-order valence-corrected chi connectivity index (χ3v) is 2.92. The Morgan fingerprint density at radius 3 is 2.55 bits per heavy atom. The van der Waals surface area contributed by atoms with Gasteiger partial charge in [-0.15, -0.1) is 0 Å². The van der Waals surface area contributed by atoms with E-state index in [2.05, 4.69) is 0 Å². The van der Waals surface area contributed by atoms with Crippen molar-refractivity contribution in [2.45, 2.75) is 17.3 Å². The van der Waals surface area contributed by atoms with E-state index in [-0.39, 0.29) is 28.4 Å². The van der Waals surface area contributed by atoms with Gasteiger partial charge in [-0.2, -0.15) is 18.4 Å². The number of rotatable bonds is 4. The van der Waals surface area contributed by atoms with E-state index in [0.717, 1.165) is 12.1 Å². The van der Waals surface area contributed by atoms with Gasteiger partial charge < -0.3 is 9.47 Å². The Hall–Kier alpha value is -1.88. The van der Waals surface area contributed by atoms with E-state index in [1.54, 1.807) is 13.0 Å². The van der Waals surface area contributed by atoms with E-state index < -0.39 is 23.2 Å². The zero-order chi connectivity index (χ0) is 15.3. The first-order valence-corrected chi connectivity index (χ1v) is 6.19. The van der Waals surface area contributed by atoms with E-state index in [9.17, 15) is 18.0 Å².